The number of rotatable bonds is 2. The second-order valence-electron chi connectivity index (χ2n) is 4.10. The van der Waals surface area contributed by atoms with Gasteiger partial charge in [-0.25, -0.2) is 4.98 Å². The van der Waals surface area contributed by atoms with E-state index in [2.05, 4.69) is 4.98 Å². The number of nitrogens with zero attached hydrogens (tertiary/aromatic N) is 3. The molecular formula is C13H10N4O2. The summed E-state index contributed by atoms with van der Waals surface area (Å²) in [7, 11) is 0. The lowest BCUT2D eigenvalue weighted by molar-refractivity contribution is -0.383. The van der Waals surface area contributed by atoms with Crippen molar-refractivity contribution in [3.05, 3.63) is 58.9 Å². The number of imidazole rings is 1. The van der Waals surface area contributed by atoms with E-state index in [1.807, 2.05) is 28.8 Å². The quantitative estimate of drug-likeness (QED) is 0.432. The van der Waals surface area contributed by atoms with E-state index in [9.17, 15) is 10.1 Å². The first-order valence-electron chi connectivity index (χ1n) is 5.63. The molecule has 2 aromatic carbocycles. The molecule has 6 nitrogen and oxygen atoms in total. The van der Waals surface area contributed by atoms with Gasteiger partial charge in [-0.1, -0.05) is 12.1 Å². The molecule has 1 aromatic heterocycles. The van der Waals surface area contributed by atoms with Crippen LogP contribution in [0.4, 0.5) is 11.4 Å². The molecule has 0 saturated heterocycles. The number of hydrogen-bond donors (Lipinski definition) is 1. The monoisotopic (exact) mass is 254 g/mol. The fourth-order valence-electron chi connectivity index (χ4n) is 2.02. The average Bonchev–Trinajstić information content (AvgIpc) is 2.82. The number of hydrogen-bond acceptors (Lipinski definition) is 4. The number of para-hydroxylation sites is 2. The maximum absolute atomic E-state index is 10.7. The normalized spacial score (nSPS) is 10.7. The molecule has 0 aliphatic heterocycles. The average molecular weight is 254 g/mol. The SMILES string of the molecule is Nc1cc(-n2cnc3ccccc32)ccc1[N+](=O)[O-]. The van der Waals surface area contributed by atoms with Crippen LogP contribution in [0.1, 0.15) is 0 Å². The number of nitro benzene ring substituents is 1. The Morgan fingerprint density at radius 2 is 2.00 bits per heavy atom. The highest BCUT2D eigenvalue weighted by Crippen LogP contribution is 2.26. The Morgan fingerprint density at radius 1 is 1.21 bits per heavy atom. The van der Waals surface area contributed by atoms with E-state index >= 15 is 0 Å². The van der Waals surface area contributed by atoms with E-state index in [0.29, 0.717) is 0 Å². The zero-order chi connectivity index (χ0) is 13.4. The molecule has 19 heavy (non-hydrogen) atoms. The van der Waals surface area contributed by atoms with E-state index < -0.39 is 4.92 Å². The Labute approximate surface area is 108 Å². The van der Waals surface area contributed by atoms with Crippen LogP contribution in [-0.2, 0) is 0 Å². The minimum atomic E-state index is -0.495. The third-order valence-electron chi connectivity index (χ3n) is 2.94. The number of nitrogen functional groups attached to an aromatic ring is 1. The molecule has 1 heterocycles. The fourth-order valence-corrected chi connectivity index (χ4v) is 2.02. The molecule has 0 saturated carbocycles. The Balaban J connectivity index is 2.17. The summed E-state index contributed by atoms with van der Waals surface area (Å²) in [5.41, 5.74) is 8.28. The van der Waals surface area contributed by atoms with Gasteiger partial charge in [-0.05, 0) is 24.3 Å². The standard InChI is InChI=1S/C13H10N4O2/c14-10-7-9(5-6-12(10)17(18)19)16-8-15-11-3-1-2-4-13(11)16/h1-8H,14H2. The molecule has 3 aromatic rings. The Hall–Kier alpha value is -2.89. The lowest BCUT2D eigenvalue weighted by atomic mass is 10.2. The van der Waals surface area contributed by atoms with Crippen molar-refractivity contribution in [3.8, 4) is 5.69 Å². The molecular weight excluding hydrogens is 244 g/mol. The molecule has 0 unspecified atom stereocenters. The van der Waals surface area contributed by atoms with Crippen LogP contribution < -0.4 is 5.73 Å². The number of nitro groups is 1. The molecule has 0 radical (unpaired) electrons. The predicted octanol–water partition coefficient (Wildman–Crippen LogP) is 2.52. The predicted molar refractivity (Wildman–Crippen MR) is 72.1 cm³/mol. The molecule has 0 atom stereocenters. The maximum atomic E-state index is 10.7. The first-order chi connectivity index (χ1) is 9.16. The van der Waals surface area contributed by atoms with E-state index in [-0.39, 0.29) is 11.4 Å². The number of benzene rings is 2. The number of nitrogens with two attached hydrogens (primary N) is 1. The van der Waals surface area contributed by atoms with Gasteiger partial charge in [0.15, 0.2) is 0 Å². The third-order valence-corrected chi connectivity index (χ3v) is 2.94. The van der Waals surface area contributed by atoms with Crippen LogP contribution in [0.2, 0.25) is 0 Å². The number of anilines is 1. The maximum Gasteiger partial charge on any atom is 0.292 e. The van der Waals surface area contributed by atoms with Gasteiger partial charge in [-0.15, -0.1) is 0 Å². The molecule has 0 amide bonds. The zero-order valence-electron chi connectivity index (χ0n) is 9.85. The van der Waals surface area contributed by atoms with Crippen LogP contribution in [0.3, 0.4) is 0 Å². The Kier molecular flexibility index (Phi) is 2.42. The highest BCUT2D eigenvalue weighted by molar-refractivity contribution is 5.78. The smallest absolute Gasteiger partial charge is 0.292 e. The van der Waals surface area contributed by atoms with Gasteiger partial charge in [0.25, 0.3) is 5.69 Å². The molecule has 0 aliphatic rings. The van der Waals surface area contributed by atoms with E-state index in [4.69, 9.17) is 5.73 Å². The van der Waals surface area contributed by atoms with Crippen LogP contribution >= 0.6 is 0 Å². The van der Waals surface area contributed by atoms with Gasteiger partial charge in [-0.3, -0.25) is 14.7 Å². The van der Waals surface area contributed by atoms with E-state index in [1.54, 1.807) is 18.5 Å². The lowest BCUT2D eigenvalue weighted by Gasteiger charge is -2.05. The summed E-state index contributed by atoms with van der Waals surface area (Å²) < 4.78 is 1.84. The lowest BCUT2D eigenvalue weighted by Crippen LogP contribution is -1.98. The van der Waals surface area contributed by atoms with Crippen LogP contribution in [0.15, 0.2) is 48.8 Å². The molecule has 0 aliphatic carbocycles. The summed E-state index contributed by atoms with van der Waals surface area (Å²) in [5.74, 6) is 0. The highest BCUT2D eigenvalue weighted by atomic mass is 16.6. The largest absolute Gasteiger partial charge is 0.393 e. The molecule has 2 N–H and O–H groups in total. The molecule has 0 bridgehead atoms. The molecule has 94 valence electrons. The van der Waals surface area contributed by atoms with Gasteiger partial charge in [0.1, 0.15) is 12.0 Å². The topological polar surface area (TPSA) is 87.0 Å². The van der Waals surface area contributed by atoms with Gasteiger partial charge in [0.2, 0.25) is 0 Å². The Morgan fingerprint density at radius 3 is 2.74 bits per heavy atom. The summed E-state index contributed by atoms with van der Waals surface area (Å²) in [6.45, 7) is 0. The van der Waals surface area contributed by atoms with Gasteiger partial charge in [-0.2, -0.15) is 0 Å². The van der Waals surface area contributed by atoms with Crippen LogP contribution in [0.25, 0.3) is 16.7 Å². The summed E-state index contributed by atoms with van der Waals surface area (Å²) in [4.78, 5) is 14.5. The van der Waals surface area contributed by atoms with Crippen LogP contribution in [0.5, 0.6) is 0 Å². The summed E-state index contributed by atoms with van der Waals surface area (Å²) in [6, 6.07) is 12.3. The number of fused-ring (bicyclic) bond motifs is 1. The summed E-state index contributed by atoms with van der Waals surface area (Å²) >= 11 is 0. The van der Waals surface area contributed by atoms with Gasteiger partial charge < -0.3 is 5.73 Å². The van der Waals surface area contributed by atoms with Gasteiger partial charge in [0.05, 0.1) is 16.0 Å². The first kappa shape index (κ1) is 11.2. The van der Waals surface area contributed by atoms with Crippen LogP contribution in [0, 0.1) is 10.1 Å². The first-order valence-corrected chi connectivity index (χ1v) is 5.63. The molecule has 3 rings (SSSR count). The number of aromatic nitrogens is 2. The van der Waals surface area contributed by atoms with Crippen molar-refractivity contribution in [2.24, 2.45) is 0 Å². The van der Waals surface area contributed by atoms with Crippen molar-refractivity contribution >= 4 is 22.4 Å². The summed E-state index contributed by atoms with van der Waals surface area (Å²) in [5, 5.41) is 10.7. The molecule has 0 fully saturated rings. The van der Waals surface area contributed by atoms with Gasteiger partial charge >= 0.3 is 0 Å². The molecule has 6 heteroatoms. The molecule has 0 spiro atoms. The third kappa shape index (κ3) is 1.79. The second-order valence-corrected chi connectivity index (χ2v) is 4.10. The van der Waals surface area contributed by atoms with Crippen molar-refractivity contribution in [3.63, 3.8) is 0 Å². The van der Waals surface area contributed by atoms with Crippen molar-refractivity contribution < 1.29 is 4.92 Å². The van der Waals surface area contributed by atoms with Crippen molar-refractivity contribution in [1.82, 2.24) is 9.55 Å². The summed E-state index contributed by atoms with van der Waals surface area (Å²) in [6.07, 6.45) is 1.67. The van der Waals surface area contributed by atoms with E-state index in [0.717, 1.165) is 16.7 Å². The minimum absolute atomic E-state index is 0.0897. The highest BCUT2D eigenvalue weighted by Gasteiger charge is 2.12. The van der Waals surface area contributed by atoms with Crippen molar-refractivity contribution in [2.75, 3.05) is 5.73 Å². The Bertz CT molecular complexity index is 779. The van der Waals surface area contributed by atoms with Gasteiger partial charge in [0, 0.05) is 11.8 Å². The fraction of sp³-hybridized carbons (Fsp3) is 0. The second kappa shape index (κ2) is 4.09. The van der Waals surface area contributed by atoms with Crippen molar-refractivity contribution in [1.29, 1.82) is 0 Å². The van der Waals surface area contributed by atoms with Crippen LogP contribution in [-0.4, -0.2) is 14.5 Å². The van der Waals surface area contributed by atoms with Crippen molar-refractivity contribution in [2.45, 2.75) is 0 Å². The zero-order valence-corrected chi connectivity index (χ0v) is 9.85. The minimum Gasteiger partial charge on any atom is -0.393 e. The van der Waals surface area contributed by atoms with E-state index in [1.165, 1.54) is 6.07 Å².